The summed E-state index contributed by atoms with van der Waals surface area (Å²) in [6.07, 6.45) is 9.08. The van der Waals surface area contributed by atoms with Crippen molar-refractivity contribution in [2.45, 2.75) is 26.8 Å². The minimum atomic E-state index is -0.486. The number of aromatic nitrogens is 2. The van der Waals surface area contributed by atoms with Gasteiger partial charge >= 0.3 is 0 Å². The maximum atomic E-state index is 11.2. The normalized spacial score (nSPS) is 14.4. The van der Waals surface area contributed by atoms with E-state index in [9.17, 15) is 4.79 Å². The maximum absolute atomic E-state index is 11.2. The van der Waals surface area contributed by atoms with Crippen LogP contribution in [0.5, 0.6) is 0 Å². The van der Waals surface area contributed by atoms with Gasteiger partial charge in [-0.2, -0.15) is 0 Å². The molecule has 16 heavy (non-hydrogen) atoms. The van der Waals surface area contributed by atoms with Gasteiger partial charge in [0.25, 0.3) is 5.24 Å². The molecule has 0 aliphatic carbocycles. The van der Waals surface area contributed by atoms with E-state index >= 15 is 0 Å². The monoisotopic (exact) mass is 238 g/mol. The predicted octanol–water partition coefficient (Wildman–Crippen LogP) is 3.35. The Kier molecular flexibility index (Phi) is 4.50. The summed E-state index contributed by atoms with van der Waals surface area (Å²) in [7, 11) is 0. The topological polar surface area (TPSA) is 34.9 Å². The molecule has 0 bridgehead atoms. The smallest absolute Gasteiger partial charge is 0.270 e. The second kappa shape index (κ2) is 5.66. The molecule has 1 aromatic heterocycles. The average molecular weight is 239 g/mol. The van der Waals surface area contributed by atoms with Crippen molar-refractivity contribution >= 4 is 16.8 Å². The van der Waals surface area contributed by atoms with Gasteiger partial charge in [-0.25, -0.2) is 4.98 Å². The fourth-order valence-electron chi connectivity index (χ4n) is 1.60. The standard InChI is InChI=1S/C12H15ClN2O/c1-4-6-10(5-2)9(3)15-8-14-7-11(15)12(13)16/h4-9H,1-3H3/b6-4-,10-5+/t9-/m1/s1. The number of carbonyl (C=O) groups excluding carboxylic acids is 1. The molecule has 0 unspecified atom stereocenters. The summed E-state index contributed by atoms with van der Waals surface area (Å²) in [6, 6.07) is 0.0430. The third-order valence-corrected chi connectivity index (χ3v) is 2.65. The molecule has 0 aliphatic rings. The third-order valence-electron chi connectivity index (χ3n) is 2.46. The van der Waals surface area contributed by atoms with E-state index in [0.29, 0.717) is 5.69 Å². The van der Waals surface area contributed by atoms with Crippen LogP contribution in [0.2, 0.25) is 0 Å². The van der Waals surface area contributed by atoms with Crippen molar-refractivity contribution in [3.63, 3.8) is 0 Å². The van der Waals surface area contributed by atoms with Gasteiger partial charge in [-0.05, 0) is 37.9 Å². The SMILES string of the molecule is C/C=C\C(=C/C)[C@@H](C)n1cncc1C(=O)Cl. The zero-order chi connectivity index (χ0) is 12.1. The van der Waals surface area contributed by atoms with Crippen LogP contribution in [0.3, 0.4) is 0 Å². The number of halogens is 1. The summed E-state index contributed by atoms with van der Waals surface area (Å²) in [6.45, 7) is 5.92. The highest BCUT2D eigenvalue weighted by molar-refractivity contribution is 6.67. The lowest BCUT2D eigenvalue weighted by Crippen LogP contribution is -2.11. The Bertz CT molecular complexity index is 432. The molecule has 0 spiro atoms. The molecule has 0 aromatic carbocycles. The number of nitrogens with zero attached hydrogens (tertiary/aromatic N) is 2. The number of hydrogen-bond acceptors (Lipinski definition) is 2. The Morgan fingerprint density at radius 2 is 2.25 bits per heavy atom. The summed E-state index contributed by atoms with van der Waals surface area (Å²) < 4.78 is 1.77. The number of carbonyl (C=O) groups is 1. The summed E-state index contributed by atoms with van der Waals surface area (Å²) in [5.74, 6) is 0. The Morgan fingerprint density at radius 1 is 1.56 bits per heavy atom. The Labute approximate surface area is 100 Å². The lowest BCUT2D eigenvalue weighted by atomic mass is 10.1. The van der Waals surface area contributed by atoms with Gasteiger partial charge in [0.15, 0.2) is 0 Å². The van der Waals surface area contributed by atoms with Gasteiger partial charge < -0.3 is 4.57 Å². The molecular weight excluding hydrogens is 224 g/mol. The first kappa shape index (κ1) is 12.7. The average Bonchev–Trinajstić information content (AvgIpc) is 2.73. The molecule has 4 heteroatoms. The third kappa shape index (κ3) is 2.61. The van der Waals surface area contributed by atoms with Crippen molar-refractivity contribution in [1.82, 2.24) is 9.55 Å². The lowest BCUT2D eigenvalue weighted by molar-refractivity contribution is 0.107. The Hall–Kier alpha value is -1.35. The number of allylic oxidation sites excluding steroid dienone is 4. The summed E-state index contributed by atoms with van der Waals surface area (Å²) in [4.78, 5) is 15.1. The predicted molar refractivity (Wildman–Crippen MR) is 65.7 cm³/mol. The molecule has 0 radical (unpaired) electrons. The van der Waals surface area contributed by atoms with Crippen LogP contribution in [0.1, 0.15) is 37.3 Å². The largest absolute Gasteiger partial charge is 0.320 e. The van der Waals surface area contributed by atoms with Crippen LogP contribution >= 0.6 is 11.6 Å². The molecule has 86 valence electrons. The molecule has 0 fully saturated rings. The van der Waals surface area contributed by atoms with Crippen molar-refractivity contribution in [3.8, 4) is 0 Å². The van der Waals surface area contributed by atoms with E-state index in [2.05, 4.69) is 4.98 Å². The highest BCUT2D eigenvalue weighted by Crippen LogP contribution is 2.21. The summed E-state index contributed by atoms with van der Waals surface area (Å²) in [5, 5.41) is -0.486. The van der Waals surface area contributed by atoms with E-state index < -0.39 is 5.24 Å². The van der Waals surface area contributed by atoms with Crippen molar-refractivity contribution in [2.24, 2.45) is 0 Å². The Balaban J connectivity index is 3.08. The van der Waals surface area contributed by atoms with E-state index in [4.69, 9.17) is 11.6 Å². The van der Waals surface area contributed by atoms with E-state index in [1.807, 2.05) is 39.0 Å². The first-order valence-corrected chi connectivity index (χ1v) is 5.50. The van der Waals surface area contributed by atoms with Crippen LogP contribution in [0.15, 0.2) is 36.3 Å². The van der Waals surface area contributed by atoms with Gasteiger partial charge in [0.2, 0.25) is 0 Å². The van der Waals surface area contributed by atoms with Gasteiger partial charge in [-0.3, -0.25) is 4.79 Å². The minimum Gasteiger partial charge on any atom is -0.320 e. The molecule has 3 nitrogen and oxygen atoms in total. The van der Waals surface area contributed by atoms with E-state index in [1.54, 1.807) is 10.9 Å². The van der Waals surface area contributed by atoms with Crippen molar-refractivity contribution < 1.29 is 4.79 Å². The molecule has 1 heterocycles. The molecule has 1 atom stereocenters. The first-order chi connectivity index (χ1) is 7.61. The first-order valence-electron chi connectivity index (χ1n) is 5.12. The van der Waals surface area contributed by atoms with E-state index in [1.165, 1.54) is 6.20 Å². The molecule has 0 N–H and O–H groups in total. The molecule has 0 saturated heterocycles. The van der Waals surface area contributed by atoms with Crippen molar-refractivity contribution in [1.29, 1.82) is 0 Å². The van der Waals surface area contributed by atoms with E-state index in [0.717, 1.165) is 5.57 Å². The quantitative estimate of drug-likeness (QED) is 0.596. The summed E-state index contributed by atoms with van der Waals surface area (Å²) >= 11 is 5.48. The molecule has 1 rings (SSSR count). The second-order valence-corrected chi connectivity index (χ2v) is 3.77. The van der Waals surface area contributed by atoms with E-state index in [-0.39, 0.29) is 6.04 Å². The highest BCUT2D eigenvalue weighted by atomic mass is 35.5. The van der Waals surface area contributed by atoms with Gasteiger partial charge in [0.05, 0.1) is 18.6 Å². The second-order valence-electron chi connectivity index (χ2n) is 3.42. The van der Waals surface area contributed by atoms with Crippen LogP contribution in [0, 0.1) is 0 Å². The maximum Gasteiger partial charge on any atom is 0.270 e. The lowest BCUT2D eigenvalue weighted by Gasteiger charge is -2.16. The Morgan fingerprint density at radius 3 is 2.75 bits per heavy atom. The molecule has 0 saturated carbocycles. The van der Waals surface area contributed by atoms with Crippen molar-refractivity contribution in [3.05, 3.63) is 42.0 Å². The van der Waals surface area contributed by atoms with Crippen LogP contribution in [-0.2, 0) is 0 Å². The van der Waals surface area contributed by atoms with Crippen molar-refractivity contribution in [2.75, 3.05) is 0 Å². The summed E-state index contributed by atoms with van der Waals surface area (Å²) in [5.41, 5.74) is 1.53. The zero-order valence-corrected chi connectivity index (χ0v) is 10.4. The van der Waals surface area contributed by atoms with Crippen LogP contribution in [0.4, 0.5) is 0 Å². The van der Waals surface area contributed by atoms with Crippen LogP contribution in [0.25, 0.3) is 0 Å². The van der Waals surface area contributed by atoms with Gasteiger partial charge in [0.1, 0.15) is 5.69 Å². The number of imidazole rings is 1. The highest BCUT2D eigenvalue weighted by Gasteiger charge is 2.15. The molecule has 0 aliphatic heterocycles. The molecule has 0 amide bonds. The fourth-order valence-corrected chi connectivity index (χ4v) is 1.74. The van der Waals surface area contributed by atoms with Crippen LogP contribution < -0.4 is 0 Å². The molecule has 1 aromatic rings. The fraction of sp³-hybridized carbons (Fsp3) is 0.333. The molecular formula is C12H15ClN2O. The minimum absolute atomic E-state index is 0.0430. The number of rotatable bonds is 4. The van der Waals surface area contributed by atoms with Gasteiger partial charge in [-0.15, -0.1) is 0 Å². The van der Waals surface area contributed by atoms with Crippen LogP contribution in [-0.4, -0.2) is 14.8 Å². The zero-order valence-electron chi connectivity index (χ0n) is 9.64. The number of hydrogen-bond donors (Lipinski definition) is 0. The van der Waals surface area contributed by atoms with Gasteiger partial charge in [-0.1, -0.05) is 18.2 Å². The van der Waals surface area contributed by atoms with Gasteiger partial charge in [0, 0.05) is 0 Å².